The van der Waals surface area contributed by atoms with Crippen molar-refractivity contribution in [3.8, 4) is 11.8 Å². The van der Waals surface area contributed by atoms with Crippen LogP contribution in [0.25, 0.3) is 10.8 Å². The Kier molecular flexibility index (Phi) is 7.72. The standard InChI is InChI=1S/C28H30ClN3O3/c1-27(2,14-24(33)34)16-28(3,4)17-32-26(35)19-8-5-18(6-9-19)7-12-22-23-13-21(29)11-10-20(23)15-31-25(22)30/h5-6,8-11,13,15H,14,16-17H2,1-4H3,(H2,30,31)(H,32,35)(H,33,34). The number of carbonyl (C=O) groups excluding carboxylic acids is 1. The van der Waals surface area contributed by atoms with E-state index in [1.807, 2.05) is 39.8 Å². The van der Waals surface area contributed by atoms with Gasteiger partial charge in [-0.15, -0.1) is 0 Å². The maximum Gasteiger partial charge on any atom is 0.303 e. The number of amides is 1. The number of hydrogen-bond donors (Lipinski definition) is 3. The summed E-state index contributed by atoms with van der Waals surface area (Å²) in [5, 5.41) is 14.4. The van der Waals surface area contributed by atoms with Crippen molar-refractivity contribution < 1.29 is 14.7 Å². The summed E-state index contributed by atoms with van der Waals surface area (Å²) in [7, 11) is 0. The molecule has 0 bridgehead atoms. The number of fused-ring (bicyclic) bond motifs is 1. The molecule has 182 valence electrons. The van der Waals surface area contributed by atoms with Gasteiger partial charge in [-0.1, -0.05) is 57.2 Å². The molecule has 0 aliphatic carbocycles. The monoisotopic (exact) mass is 491 g/mol. The minimum atomic E-state index is -0.818. The number of nitrogens with two attached hydrogens (primary N) is 1. The van der Waals surface area contributed by atoms with E-state index in [0.29, 0.717) is 34.9 Å². The van der Waals surface area contributed by atoms with E-state index >= 15 is 0 Å². The Balaban J connectivity index is 1.69. The van der Waals surface area contributed by atoms with Gasteiger partial charge in [-0.2, -0.15) is 0 Å². The second kappa shape index (κ2) is 10.4. The van der Waals surface area contributed by atoms with Crippen LogP contribution in [0.3, 0.4) is 0 Å². The molecule has 35 heavy (non-hydrogen) atoms. The third kappa shape index (κ3) is 7.21. The molecule has 0 fully saturated rings. The van der Waals surface area contributed by atoms with Crippen molar-refractivity contribution in [1.82, 2.24) is 10.3 Å². The van der Waals surface area contributed by atoms with Gasteiger partial charge in [0.25, 0.3) is 5.91 Å². The normalized spacial score (nSPS) is 11.6. The van der Waals surface area contributed by atoms with Crippen LogP contribution < -0.4 is 11.1 Å². The largest absolute Gasteiger partial charge is 0.481 e. The lowest BCUT2D eigenvalue weighted by atomic mass is 9.73. The summed E-state index contributed by atoms with van der Waals surface area (Å²) in [6.45, 7) is 8.35. The second-order valence-electron chi connectivity index (χ2n) is 10.3. The number of carbonyl (C=O) groups is 2. The molecule has 3 aromatic rings. The van der Waals surface area contributed by atoms with Crippen LogP contribution in [-0.2, 0) is 4.79 Å². The fraction of sp³-hybridized carbons (Fsp3) is 0.321. The fourth-order valence-electron chi connectivity index (χ4n) is 4.42. The number of nitrogens with one attached hydrogen (secondary N) is 1. The van der Waals surface area contributed by atoms with Crippen molar-refractivity contribution in [3.63, 3.8) is 0 Å². The molecule has 7 heteroatoms. The number of carboxylic acid groups (broad SMARTS) is 1. The highest BCUT2D eigenvalue weighted by atomic mass is 35.5. The number of anilines is 1. The van der Waals surface area contributed by atoms with Crippen molar-refractivity contribution in [1.29, 1.82) is 0 Å². The number of carboxylic acids is 1. The first-order chi connectivity index (χ1) is 16.3. The second-order valence-corrected chi connectivity index (χ2v) is 10.8. The molecule has 0 radical (unpaired) electrons. The van der Waals surface area contributed by atoms with E-state index in [1.54, 1.807) is 36.5 Å². The predicted molar refractivity (Wildman–Crippen MR) is 140 cm³/mol. The quantitative estimate of drug-likeness (QED) is 0.377. The highest BCUT2D eigenvalue weighted by Gasteiger charge is 2.31. The highest BCUT2D eigenvalue weighted by Crippen LogP contribution is 2.35. The zero-order valence-electron chi connectivity index (χ0n) is 20.4. The Bertz CT molecular complexity index is 1310. The van der Waals surface area contributed by atoms with Gasteiger partial charge in [-0.25, -0.2) is 4.98 Å². The molecule has 0 spiro atoms. The lowest BCUT2D eigenvalue weighted by Gasteiger charge is -2.34. The van der Waals surface area contributed by atoms with Gasteiger partial charge in [0.15, 0.2) is 0 Å². The Morgan fingerprint density at radius 1 is 1.06 bits per heavy atom. The molecule has 3 rings (SSSR count). The first-order valence-corrected chi connectivity index (χ1v) is 11.7. The summed E-state index contributed by atoms with van der Waals surface area (Å²) in [5.41, 5.74) is 7.30. The molecule has 0 aliphatic heterocycles. The van der Waals surface area contributed by atoms with E-state index in [-0.39, 0.29) is 23.2 Å². The van der Waals surface area contributed by atoms with Gasteiger partial charge in [0.1, 0.15) is 5.82 Å². The Hall–Kier alpha value is -3.56. The lowest BCUT2D eigenvalue weighted by Crippen LogP contribution is -2.37. The fourth-order valence-corrected chi connectivity index (χ4v) is 4.59. The predicted octanol–water partition coefficient (Wildman–Crippen LogP) is 5.52. The number of rotatable bonds is 7. The maximum atomic E-state index is 12.7. The molecule has 1 amide bonds. The molecule has 0 atom stereocenters. The van der Waals surface area contributed by atoms with Gasteiger partial charge in [-0.3, -0.25) is 9.59 Å². The zero-order valence-corrected chi connectivity index (χ0v) is 21.2. The molecule has 0 aliphatic rings. The molecule has 6 nitrogen and oxygen atoms in total. The van der Waals surface area contributed by atoms with Crippen LogP contribution in [0.2, 0.25) is 5.02 Å². The van der Waals surface area contributed by atoms with E-state index < -0.39 is 5.97 Å². The summed E-state index contributed by atoms with van der Waals surface area (Å²) in [4.78, 5) is 28.0. The molecule has 1 heterocycles. The summed E-state index contributed by atoms with van der Waals surface area (Å²) in [5.74, 6) is 5.50. The summed E-state index contributed by atoms with van der Waals surface area (Å²) in [6.07, 6.45) is 2.44. The first kappa shape index (κ1) is 26.1. The van der Waals surface area contributed by atoms with Gasteiger partial charge in [-0.05, 0) is 53.6 Å². The van der Waals surface area contributed by atoms with Gasteiger partial charge >= 0.3 is 5.97 Å². The minimum absolute atomic E-state index is 0.0837. The number of aromatic nitrogens is 1. The lowest BCUT2D eigenvalue weighted by molar-refractivity contribution is -0.139. The van der Waals surface area contributed by atoms with E-state index in [2.05, 4.69) is 22.1 Å². The van der Waals surface area contributed by atoms with Crippen LogP contribution in [-0.4, -0.2) is 28.5 Å². The van der Waals surface area contributed by atoms with Crippen LogP contribution in [0.4, 0.5) is 5.82 Å². The average molecular weight is 492 g/mol. The van der Waals surface area contributed by atoms with Gasteiger partial charge in [0.05, 0.1) is 12.0 Å². The molecule has 0 unspecified atom stereocenters. The van der Waals surface area contributed by atoms with Crippen molar-refractivity contribution in [2.24, 2.45) is 10.8 Å². The van der Waals surface area contributed by atoms with Crippen molar-refractivity contribution >= 4 is 40.1 Å². The SMILES string of the molecule is CC(C)(CNC(=O)c1ccc(C#Cc2c(N)ncc3ccc(Cl)cc23)cc1)CC(C)(C)CC(=O)O. The number of nitrogen functional groups attached to an aromatic ring is 1. The number of aliphatic carboxylic acids is 1. The zero-order chi connectivity index (χ0) is 25.8. The van der Waals surface area contributed by atoms with Crippen molar-refractivity contribution in [3.05, 3.63) is 70.4 Å². The van der Waals surface area contributed by atoms with E-state index in [4.69, 9.17) is 22.4 Å². The maximum absolute atomic E-state index is 12.7. The van der Waals surface area contributed by atoms with Gasteiger partial charge < -0.3 is 16.2 Å². The summed E-state index contributed by atoms with van der Waals surface area (Å²) >= 11 is 6.14. The number of benzene rings is 2. The van der Waals surface area contributed by atoms with E-state index in [0.717, 1.165) is 16.3 Å². The summed E-state index contributed by atoms with van der Waals surface area (Å²) < 4.78 is 0. The smallest absolute Gasteiger partial charge is 0.303 e. The Labute approximate surface area is 210 Å². The third-order valence-corrected chi connectivity index (χ3v) is 5.91. The van der Waals surface area contributed by atoms with Crippen LogP contribution in [0.1, 0.15) is 62.0 Å². The molecule has 4 N–H and O–H groups in total. The molecule has 0 saturated heterocycles. The number of pyridine rings is 1. The van der Waals surface area contributed by atoms with E-state index in [1.165, 1.54) is 0 Å². The van der Waals surface area contributed by atoms with Crippen LogP contribution in [0, 0.1) is 22.7 Å². The Morgan fingerprint density at radius 2 is 1.74 bits per heavy atom. The number of nitrogens with zero attached hydrogens (tertiary/aromatic N) is 1. The highest BCUT2D eigenvalue weighted by molar-refractivity contribution is 6.31. The first-order valence-electron chi connectivity index (χ1n) is 11.3. The molecule has 1 aromatic heterocycles. The van der Waals surface area contributed by atoms with Crippen LogP contribution in [0.5, 0.6) is 0 Å². The topological polar surface area (TPSA) is 105 Å². The van der Waals surface area contributed by atoms with Crippen molar-refractivity contribution in [2.45, 2.75) is 40.5 Å². The summed E-state index contributed by atoms with van der Waals surface area (Å²) in [6, 6.07) is 12.5. The van der Waals surface area contributed by atoms with Gasteiger partial charge in [0, 0.05) is 39.7 Å². The molecular formula is C28H30ClN3O3. The van der Waals surface area contributed by atoms with Crippen molar-refractivity contribution in [2.75, 3.05) is 12.3 Å². The minimum Gasteiger partial charge on any atom is -0.481 e. The molecule has 0 saturated carbocycles. The molecular weight excluding hydrogens is 462 g/mol. The number of halogens is 1. The number of hydrogen-bond acceptors (Lipinski definition) is 4. The van der Waals surface area contributed by atoms with Crippen LogP contribution >= 0.6 is 11.6 Å². The van der Waals surface area contributed by atoms with Gasteiger partial charge in [0.2, 0.25) is 0 Å². The third-order valence-electron chi connectivity index (χ3n) is 5.68. The van der Waals surface area contributed by atoms with Crippen LogP contribution in [0.15, 0.2) is 48.7 Å². The average Bonchev–Trinajstić information content (AvgIpc) is 2.75. The molecule has 2 aromatic carbocycles. The van der Waals surface area contributed by atoms with E-state index in [9.17, 15) is 9.59 Å². The Morgan fingerprint density at radius 3 is 2.40 bits per heavy atom.